The molecule has 1 N–H and O–H groups in total. The summed E-state index contributed by atoms with van der Waals surface area (Å²) in [5.41, 5.74) is 1.40. The molecule has 1 amide bonds. The van der Waals surface area contributed by atoms with Crippen molar-refractivity contribution >= 4 is 5.91 Å². The number of hydrogen-bond donors (Lipinski definition) is 1. The smallest absolute Gasteiger partial charge is 0.255 e. The molecule has 1 aromatic heterocycles. The molecule has 22 heavy (non-hydrogen) atoms. The molecule has 1 aliphatic rings. The lowest BCUT2D eigenvalue weighted by atomic mass is 10.0. The van der Waals surface area contributed by atoms with Gasteiger partial charge in [-0.05, 0) is 31.0 Å². The predicted octanol–water partition coefficient (Wildman–Crippen LogP) is 2.11. The fourth-order valence-corrected chi connectivity index (χ4v) is 3.14. The molecule has 3 rings (SSSR count). The van der Waals surface area contributed by atoms with Crippen LogP contribution in [-0.2, 0) is 0 Å². The maximum absolute atomic E-state index is 12.8. The monoisotopic (exact) mass is 299 g/mol. The summed E-state index contributed by atoms with van der Waals surface area (Å²) in [6.45, 7) is 0.591. The second-order valence-corrected chi connectivity index (χ2v) is 5.91. The summed E-state index contributed by atoms with van der Waals surface area (Å²) >= 11 is 0. The largest absolute Gasteiger partial charge is 0.393 e. The van der Waals surface area contributed by atoms with Crippen LogP contribution in [0.1, 0.15) is 29.6 Å². The number of rotatable bonds is 4. The van der Waals surface area contributed by atoms with Gasteiger partial charge < -0.3 is 10.0 Å². The molecule has 2 atom stereocenters. The molecule has 1 fully saturated rings. The van der Waals surface area contributed by atoms with Crippen LogP contribution >= 0.6 is 0 Å². The van der Waals surface area contributed by atoms with Crippen LogP contribution in [-0.4, -0.2) is 45.4 Å². The highest BCUT2D eigenvalue weighted by Crippen LogP contribution is 2.26. The van der Waals surface area contributed by atoms with Gasteiger partial charge in [-0.1, -0.05) is 18.6 Å². The van der Waals surface area contributed by atoms with E-state index in [1.54, 1.807) is 22.8 Å². The first-order valence-electron chi connectivity index (χ1n) is 7.69. The van der Waals surface area contributed by atoms with Crippen molar-refractivity contribution < 1.29 is 9.90 Å². The van der Waals surface area contributed by atoms with E-state index in [-0.39, 0.29) is 17.9 Å². The first-order valence-corrected chi connectivity index (χ1v) is 7.69. The van der Waals surface area contributed by atoms with Crippen LogP contribution in [0.2, 0.25) is 0 Å². The zero-order chi connectivity index (χ0) is 15.5. The molecule has 0 saturated heterocycles. The van der Waals surface area contributed by atoms with Crippen LogP contribution in [0.5, 0.6) is 0 Å². The fraction of sp³-hybridized carbons (Fsp3) is 0.412. The predicted molar refractivity (Wildman–Crippen MR) is 83.9 cm³/mol. The SMILES string of the molecule is CN(CC1CCCC1O)C(=O)c1ccccc1-n1cccn1. The van der Waals surface area contributed by atoms with E-state index in [2.05, 4.69) is 5.10 Å². The molecule has 0 radical (unpaired) electrons. The van der Waals surface area contributed by atoms with Crippen LogP contribution in [0.15, 0.2) is 42.7 Å². The van der Waals surface area contributed by atoms with Crippen LogP contribution in [0.3, 0.4) is 0 Å². The van der Waals surface area contributed by atoms with Crippen LogP contribution in [0, 0.1) is 5.92 Å². The van der Waals surface area contributed by atoms with Crippen LogP contribution in [0.25, 0.3) is 5.69 Å². The molecule has 1 aliphatic carbocycles. The van der Waals surface area contributed by atoms with E-state index in [0.29, 0.717) is 12.1 Å². The lowest BCUT2D eigenvalue weighted by Crippen LogP contribution is -2.35. The normalized spacial score (nSPS) is 21.0. The zero-order valence-electron chi connectivity index (χ0n) is 12.7. The topological polar surface area (TPSA) is 58.4 Å². The summed E-state index contributed by atoms with van der Waals surface area (Å²) in [5.74, 6) is 0.149. The van der Waals surface area contributed by atoms with Gasteiger partial charge in [0.15, 0.2) is 0 Å². The number of aliphatic hydroxyl groups excluding tert-OH is 1. The molecule has 1 heterocycles. The molecular formula is C17H21N3O2. The maximum Gasteiger partial charge on any atom is 0.255 e. The molecule has 5 heteroatoms. The summed E-state index contributed by atoms with van der Waals surface area (Å²) in [6.07, 6.45) is 6.11. The maximum atomic E-state index is 12.8. The van der Waals surface area contributed by atoms with Gasteiger partial charge >= 0.3 is 0 Å². The first-order chi connectivity index (χ1) is 10.7. The first kappa shape index (κ1) is 14.8. The van der Waals surface area contributed by atoms with Crippen molar-refractivity contribution in [2.45, 2.75) is 25.4 Å². The Kier molecular flexibility index (Phi) is 4.24. The van der Waals surface area contributed by atoms with Gasteiger partial charge in [0, 0.05) is 31.9 Å². The third-order valence-corrected chi connectivity index (χ3v) is 4.36. The Labute approximate surface area is 130 Å². The summed E-state index contributed by atoms with van der Waals surface area (Å²) in [6, 6.07) is 9.30. The van der Waals surface area contributed by atoms with Crippen molar-refractivity contribution in [2.75, 3.05) is 13.6 Å². The van der Waals surface area contributed by atoms with E-state index in [1.807, 2.05) is 36.5 Å². The minimum atomic E-state index is -0.281. The van der Waals surface area contributed by atoms with Crippen molar-refractivity contribution in [1.29, 1.82) is 0 Å². The zero-order valence-corrected chi connectivity index (χ0v) is 12.7. The summed E-state index contributed by atoms with van der Waals surface area (Å²) in [5, 5.41) is 14.2. The quantitative estimate of drug-likeness (QED) is 0.940. The van der Waals surface area contributed by atoms with E-state index < -0.39 is 0 Å². The van der Waals surface area contributed by atoms with Crippen molar-refractivity contribution in [3.63, 3.8) is 0 Å². The number of aliphatic hydroxyl groups is 1. The molecule has 2 unspecified atom stereocenters. The third kappa shape index (κ3) is 2.90. The minimum Gasteiger partial charge on any atom is -0.393 e. The highest BCUT2D eigenvalue weighted by atomic mass is 16.3. The van der Waals surface area contributed by atoms with E-state index in [9.17, 15) is 9.90 Å². The Morgan fingerprint density at radius 1 is 1.36 bits per heavy atom. The van der Waals surface area contributed by atoms with Crippen molar-refractivity contribution in [3.05, 3.63) is 48.3 Å². The number of nitrogens with zero attached hydrogens (tertiary/aromatic N) is 3. The molecule has 0 aliphatic heterocycles. The molecule has 116 valence electrons. The summed E-state index contributed by atoms with van der Waals surface area (Å²) in [7, 11) is 1.80. The number of amides is 1. The highest BCUT2D eigenvalue weighted by Gasteiger charge is 2.28. The van der Waals surface area contributed by atoms with Gasteiger partial charge in [-0.25, -0.2) is 4.68 Å². The number of benzene rings is 1. The van der Waals surface area contributed by atoms with Gasteiger partial charge in [-0.3, -0.25) is 4.79 Å². The van der Waals surface area contributed by atoms with Crippen LogP contribution in [0.4, 0.5) is 0 Å². The number of aromatic nitrogens is 2. The summed E-state index contributed by atoms with van der Waals surface area (Å²) in [4.78, 5) is 14.5. The van der Waals surface area contributed by atoms with Gasteiger partial charge in [0.25, 0.3) is 5.91 Å². The highest BCUT2D eigenvalue weighted by molar-refractivity contribution is 5.97. The van der Waals surface area contributed by atoms with Gasteiger partial charge in [-0.2, -0.15) is 5.10 Å². The molecule has 1 aromatic carbocycles. The van der Waals surface area contributed by atoms with Gasteiger partial charge in [-0.15, -0.1) is 0 Å². The van der Waals surface area contributed by atoms with E-state index in [1.165, 1.54) is 0 Å². The Morgan fingerprint density at radius 3 is 2.86 bits per heavy atom. The third-order valence-electron chi connectivity index (χ3n) is 4.36. The molecular weight excluding hydrogens is 278 g/mol. The molecule has 2 aromatic rings. The van der Waals surface area contributed by atoms with Gasteiger partial charge in [0.2, 0.25) is 0 Å². The fourth-order valence-electron chi connectivity index (χ4n) is 3.14. The Bertz CT molecular complexity index is 639. The average Bonchev–Trinajstić information content (AvgIpc) is 3.19. The lowest BCUT2D eigenvalue weighted by Gasteiger charge is -2.24. The average molecular weight is 299 g/mol. The van der Waals surface area contributed by atoms with E-state index >= 15 is 0 Å². The molecule has 0 bridgehead atoms. The van der Waals surface area contributed by atoms with Crippen molar-refractivity contribution in [1.82, 2.24) is 14.7 Å². The van der Waals surface area contributed by atoms with E-state index in [0.717, 1.165) is 24.9 Å². The number of carbonyl (C=O) groups is 1. The minimum absolute atomic E-state index is 0.0369. The summed E-state index contributed by atoms with van der Waals surface area (Å²) < 4.78 is 1.70. The molecule has 0 spiro atoms. The number of carbonyl (C=O) groups excluding carboxylic acids is 1. The lowest BCUT2D eigenvalue weighted by molar-refractivity contribution is 0.0693. The molecule has 1 saturated carbocycles. The number of hydrogen-bond acceptors (Lipinski definition) is 3. The Balaban J connectivity index is 1.80. The van der Waals surface area contributed by atoms with Crippen molar-refractivity contribution in [2.24, 2.45) is 5.92 Å². The van der Waals surface area contributed by atoms with Gasteiger partial charge in [0.05, 0.1) is 17.4 Å². The Morgan fingerprint density at radius 2 is 2.18 bits per heavy atom. The van der Waals surface area contributed by atoms with E-state index in [4.69, 9.17) is 0 Å². The Hall–Kier alpha value is -2.14. The second-order valence-electron chi connectivity index (χ2n) is 5.91. The standard InChI is InChI=1S/C17H21N3O2/c1-19(12-13-6-4-9-16(13)21)17(22)14-7-2-3-8-15(14)20-11-5-10-18-20/h2-3,5,7-8,10-11,13,16,21H,4,6,9,12H2,1H3. The van der Waals surface area contributed by atoms with Gasteiger partial charge in [0.1, 0.15) is 0 Å². The second kappa shape index (κ2) is 6.32. The van der Waals surface area contributed by atoms with Crippen LogP contribution < -0.4 is 0 Å². The number of para-hydroxylation sites is 1. The van der Waals surface area contributed by atoms with Crippen molar-refractivity contribution in [3.8, 4) is 5.69 Å². The molecule has 5 nitrogen and oxygen atoms in total.